The minimum atomic E-state index is -0.439. The third kappa shape index (κ3) is 5.89. The lowest BCUT2D eigenvalue weighted by molar-refractivity contribution is -0.140. The van der Waals surface area contributed by atoms with E-state index in [9.17, 15) is 18.8 Å². The highest BCUT2D eigenvalue weighted by molar-refractivity contribution is 6.37. The van der Waals surface area contributed by atoms with Gasteiger partial charge in [-0.2, -0.15) is 0 Å². The monoisotopic (exact) mass is 542 g/mol. The third-order valence-corrected chi connectivity index (χ3v) is 7.26. The van der Waals surface area contributed by atoms with Gasteiger partial charge in [-0.25, -0.2) is 4.39 Å². The number of halogens is 1. The molecule has 0 unspecified atom stereocenters. The summed E-state index contributed by atoms with van der Waals surface area (Å²) < 4.78 is 18.6. The van der Waals surface area contributed by atoms with E-state index in [-0.39, 0.29) is 24.2 Å². The quantitative estimate of drug-likeness (QED) is 0.343. The van der Waals surface area contributed by atoms with E-state index in [1.54, 1.807) is 18.2 Å². The number of carbonyl (C=O) groups excluding carboxylic acids is 3. The molecule has 2 aliphatic rings. The van der Waals surface area contributed by atoms with Crippen molar-refractivity contribution in [2.24, 2.45) is 0 Å². The van der Waals surface area contributed by atoms with Crippen LogP contribution in [-0.2, 0) is 20.7 Å². The number of esters is 1. The predicted molar refractivity (Wildman–Crippen MR) is 152 cm³/mol. The van der Waals surface area contributed by atoms with Gasteiger partial charge in [-0.3, -0.25) is 14.4 Å². The number of methoxy groups -OCH3 is 1. The van der Waals surface area contributed by atoms with E-state index in [0.717, 1.165) is 24.2 Å². The number of ether oxygens (including phenoxy) is 1. The van der Waals surface area contributed by atoms with E-state index in [1.165, 1.54) is 19.2 Å². The van der Waals surface area contributed by atoms with Crippen molar-refractivity contribution in [1.82, 2.24) is 9.80 Å². The van der Waals surface area contributed by atoms with E-state index in [4.69, 9.17) is 4.74 Å². The van der Waals surface area contributed by atoms with Crippen molar-refractivity contribution in [1.29, 1.82) is 0 Å². The molecule has 0 atom stereocenters. The largest absolute Gasteiger partial charge is 0.469 e. The Kier molecular flexibility index (Phi) is 7.93. The topological polar surface area (TPSA) is 91.0 Å². The molecule has 0 saturated carbocycles. The van der Waals surface area contributed by atoms with Crippen LogP contribution < -0.4 is 10.6 Å². The highest BCUT2D eigenvalue weighted by Crippen LogP contribution is 2.38. The molecule has 5 rings (SSSR count). The Balaban J connectivity index is 1.45. The van der Waals surface area contributed by atoms with Gasteiger partial charge in [-0.15, -0.1) is 0 Å². The van der Waals surface area contributed by atoms with Gasteiger partial charge in [-0.05, 0) is 67.1 Å². The van der Waals surface area contributed by atoms with Gasteiger partial charge in [0.25, 0.3) is 11.8 Å². The van der Waals surface area contributed by atoms with Crippen LogP contribution >= 0.6 is 0 Å². The maximum Gasteiger partial charge on any atom is 0.305 e. The molecule has 0 radical (unpaired) electrons. The molecule has 0 aliphatic carbocycles. The Bertz CT molecular complexity index is 1460. The summed E-state index contributed by atoms with van der Waals surface area (Å²) in [7, 11) is 3.41. The summed E-state index contributed by atoms with van der Waals surface area (Å²) in [5, 5.41) is 6.13. The van der Waals surface area contributed by atoms with Gasteiger partial charge in [0.1, 0.15) is 5.82 Å². The normalized spacial score (nSPS) is 16.3. The van der Waals surface area contributed by atoms with Crippen molar-refractivity contribution in [3.8, 4) is 0 Å². The van der Waals surface area contributed by atoms with Gasteiger partial charge in [0.2, 0.25) is 0 Å². The van der Waals surface area contributed by atoms with Crippen LogP contribution in [0.15, 0.2) is 66.7 Å². The molecule has 0 spiro atoms. The molecule has 8 nitrogen and oxygen atoms in total. The number of hydrogen-bond acceptors (Lipinski definition) is 6. The Hall–Kier alpha value is -4.50. The first kappa shape index (κ1) is 27.1. The average Bonchev–Trinajstić information content (AvgIpc) is 3.29. The van der Waals surface area contributed by atoms with E-state index in [0.29, 0.717) is 53.3 Å². The van der Waals surface area contributed by atoms with Crippen molar-refractivity contribution in [2.75, 3.05) is 51.0 Å². The van der Waals surface area contributed by atoms with Crippen molar-refractivity contribution >= 4 is 40.4 Å². The molecule has 1 saturated heterocycles. The molecular formula is C31H31FN4O4. The maximum atomic E-state index is 13.9. The van der Waals surface area contributed by atoms with Crippen LogP contribution in [0.25, 0.3) is 11.3 Å². The van der Waals surface area contributed by atoms with Gasteiger partial charge in [-0.1, -0.05) is 24.3 Å². The SMILES string of the molecule is COC(=O)CCc1ccc(/C(Nc2ccc(C(=O)N3CCN(C)CC3)cc2)=C2/C(=O)Nc3cc(F)ccc32)cc1. The molecule has 40 heavy (non-hydrogen) atoms. The summed E-state index contributed by atoms with van der Waals surface area (Å²) in [5.74, 6) is -1.08. The lowest BCUT2D eigenvalue weighted by Gasteiger charge is -2.32. The van der Waals surface area contributed by atoms with Crippen molar-refractivity contribution in [2.45, 2.75) is 12.8 Å². The predicted octanol–water partition coefficient (Wildman–Crippen LogP) is 4.25. The second-order valence-corrected chi connectivity index (χ2v) is 9.96. The Labute approximate surface area is 232 Å². The lowest BCUT2D eigenvalue weighted by atomic mass is 9.98. The van der Waals surface area contributed by atoms with Crippen LogP contribution in [0.5, 0.6) is 0 Å². The third-order valence-electron chi connectivity index (χ3n) is 7.26. The Morgan fingerprint density at radius 1 is 0.950 bits per heavy atom. The highest BCUT2D eigenvalue weighted by Gasteiger charge is 2.29. The fraction of sp³-hybridized carbons (Fsp3) is 0.258. The van der Waals surface area contributed by atoms with Crippen molar-refractivity contribution in [3.05, 3.63) is 94.8 Å². The number of rotatable bonds is 7. The maximum absolute atomic E-state index is 13.9. The summed E-state index contributed by atoms with van der Waals surface area (Å²) in [6.45, 7) is 3.07. The van der Waals surface area contributed by atoms with Crippen molar-refractivity contribution in [3.63, 3.8) is 0 Å². The first-order valence-electron chi connectivity index (χ1n) is 13.2. The Morgan fingerprint density at radius 2 is 1.62 bits per heavy atom. The number of piperazine rings is 1. The molecule has 0 aromatic heterocycles. The second kappa shape index (κ2) is 11.7. The zero-order valence-electron chi connectivity index (χ0n) is 22.5. The lowest BCUT2D eigenvalue weighted by Crippen LogP contribution is -2.47. The van der Waals surface area contributed by atoms with Crippen LogP contribution in [0.1, 0.15) is 33.5 Å². The summed E-state index contributed by atoms with van der Waals surface area (Å²) in [6, 6.07) is 18.9. The van der Waals surface area contributed by atoms with Crippen LogP contribution in [0.2, 0.25) is 0 Å². The number of aryl methyl sites for hydroxylation is 1. The Morgan fingerprint density at radius 3 is 2.30 bits per heavy atom. The van der Waals surface area contributed by atoms with Gasteiger partial charge < -0.3 is 25.2 Å². The van der Waals surface area contributed by atoms with Crippen molar-refractivity contribution < 1.29 is 23.5 Å². The number of carbonyl (C=O) groups is 3. The zero-order valence-corrected chi connectivity index (χ0v) is 22.5. The van der Waals surface area contributed by atoms with Crippen LogP contribution in [0, 0.1) is 5.82 Å². The molecule has 2 amide bonds. The van der Waals surface area contributed by atoms with Crippen LogP contribution in [0.3, 0.4) is 0 Å². The van der Waals surface area contributed by atoms with E-state index >= 15 is 0 Å². The summed E-state index contributed by atoms with van der Waals surface area (Å²) in [4.78, 5) is 41.7. The molecule has 1 fully saturated rings. The van der Waals surface area contributed by atoms with E-state index in [1.807, 2.05) is 48.3 Å². The average molecular weight is 543 g/mol. The fourth-order valence-electron chi connectivity index (χ4n) is 4.89. The highest BCUT2D eigenvalue weighted by atomic mass is 19.1. The molecular weight excluding hydrogens is 511 g/mol. The number of likely N-dealkylation sites (N-methyl/N-ethyl adjacent to an activating group) is 1. The molecule has 9 heteroatoms. The van der Waals surface area contributed by atoms with Crippen LogP contribution in [0.4, 0.5) is 15.8 Å². The number of nitrogens with zero attached hydrogens (tertiary/aromatic N) is 2. The van der Waals surface area contributed by atoms with E-state index in [2.05, 4.69) is 15.5 Å². The molecule has 2 heterocycles. The molecule has 2 N–H and O–H groups in total. The van der Waals surface area contributed by atoms with E-state index < -0.39 is 5.82 Å². The van der Waals surface area contributed by atoms with Gasteiger partial charge >= 0.3 is 5.97 Å². The molecule has 3 aromatic carbocycles. The molecule has 0 bridgehead atoms. The summed E-state index contributed by atoms with van der Waals surface area (Å²) in [5.41, 5.74) is 4.89. The molecule has 2 aliphatic heterocycles. The number of amides is 2. The zero-order chi connectivity index (χ0) is 28.2. The number of nitrogens with one attached hydrogen (secondary N) is 2. The number of fused-ring (bicyclic) bond motifs is 1. The number of benzene rings is 3. The smallest absolute Gasteiger partial charge is 0.305 e. The number of hydrogen-bond donors (Lipinski definition) is 2. The van der Waals surface area contributed by atoms with Gasteiger partial charge in [0.05, 0.1) is 24.1 Å². The number of anilines is 2. The first-order valence-corrected chi connectivity index (χ1v) is 13.2. The molecule has 3 aromatic rings. The minimum Gasteiger partial charge on any atom is -0.469 e. The summed E-state index contributed by atoms with van der Waals surface area (Å²) in [6.07, 6.45) is 0.792. The molecule has 206 valence electrons. The summed E-state index contributed by atoms with van der Waals surface area (Å²) >= 11 is 0. The van der Waals surface area contributed by atoms with Crippen LogP contribution in [-0.4, -0.2) is 67.9 Å². The second-order valence-electron chi connectivity index (χ2n) is 9.96. The van der Waals surface area contributed by atoms with Gasteiger partial charge in [0.15, 0.2) is 0 Å². The standard InChI is InChI=1S/C31H31FN4O4/c1-35-15-17-36(18-16-35)31(39)22-8-11-24(12-9-22)33-29(21-6-3-20(4-7-21)5-14-27(37)40-2)28-25-13-10-23(32)19-26(25)34-30(28)38/h3-4,6-13,19,33H,5,14-18H2,1-2H3,(H,34,38)/b29-28-. The first-order chi connectivity index (χ1) is 19.3. The fourth-order valence-corrected chi connectivity index (χ4v) is 4.89. The van der Waals surface area contributed by atoms with Gasteiger partial charge in [0, 0.05) is 49.4 Å². The minimum absolute atomic E-state index is 0.00750.